The molecule has 2 heterocycles. The predicted molar refractivity (Wildman–Crippen MR) is 103 cm³/mol. The number of hydrogen-bond donors (Lipinski definition) is 1. The Bertz CT molecular complexity index is 1040. The van der Waals surface area contributed by atoms with Gasteiger partial charge in [-0.05, 0) is 6.07 Å². The third-order valence-electron chi connectivity index (χ3n) is 3.98. The number of halogens is 1. The van der Waals surface area contributed by atoms with E-state index in [1.54, 1.807) is 22.0 Å². The predicted octanol–water partition coefficient (Wildman–Crippen LogP) is 2.55. The topological polar surface area (TPSA) is 99.0 Å². The largest absolute Gasteiger partial charge is 0.469 e. The van der Waals surface area contributed by atoms with Crippen molar-refractivity contribution in [3.8, 4) is 11.3 Å². The van der Waals surface area contributed by atoms with Gasteiger partial charge in [-0.3, -0.25) is 14.0 Å². The van der Waals surface area contributed by atoms with Crippen LogP contribution in [0.15, 0.2) is 35.8 Å². The SMILES string of the molecule is COC(=O)C[C@H](NC(=O)c1csc2nc(-c3ccccc3Cl)cn12)C(=O)OC. The van der Waals surface area contributed by atoms with Crippen molar-refractivity contribution in [3.05, 3.63) is 46.6 Å². The van der Waals surface area contributed by atoms with Crippen LogP contribution >= 0.6 is 22.9 Å². The summed E-state index contributed by atoms with van der Waals surface area (Å²) in [7, 11) is 2.37. The van der Waals surface area contributed by atoms with Crippen molar-refractivity contribution in [2.24, 2.45) is 0 Å². The maximum Gasteiger partial charge on any atom is 0.328 e. The molecule has 1 amide bonds. The first kappa shape index (κ1) is 19.8. The molecule has 0 radical (unpaired) electrons. The van der Waals surface area contributed by atoms with Crippen LogP contribution in [0.2, 0.25) is 5.02 Å². The minimum atomic E-state index is -1.16. The number of carbonyl (C=O) groups is 3. The van der Waals surface area contributed by atoms with Crippen molar-refractivity contribution < 1.29 is 23.9 Å². The second-order valence-electron chi connectivity index (χ2n) is 5.71. The van der Waals surface area contributed by atoms with Crippen LogP contribution in [0.25, 0.3) is 16.2 Å². The summed E-state index contributed by atoms with van der Waals surface area (Å²) in [6.07, 6.45) is 1.35. The molecule has 3 aromatic rings. The Labute approximate surface area is 169 Å². The van der Waals surface area contributed by atoms with Crippen molar-refractivity contribution >= 4 is 45.7 Å². The van der Waals surface area contributed by atoms with E-state index in [-0.39, 0.29) is 12.1 Å². The molecule has 0 fully saturated rings. The molecule has 0 saturated carbocycles. The Kier molecular flexibility index (Phi) is 5.96. The van der Waals surface area contributed by atoms with Gasteiger partial charge in [-0.15, -0.1) is 11.3 Å². The molecule has 0 unspecified atom stereocenters. The van der Waals surface area contributed by atoms with Gasteiger partial charge in [0.15, 0.2) is 4.96 Å². The number of imidazole rings is 1. The molecule has 2 aromatic heterocycles. The lowest BCUT2D eigenvalue weighted by Gasteiger charge is -2.15. The van der Waals surface area contributed by atoms with Crippen molar-refractivity contribution in [3.63, 3.8) is 0 Å². The molecule has 8 nitrogen and oxygen atoms in total. The van der Waals surface area contributed by atoms with Gasteiger partial charge in [0.05, 0.1) is 31.4 Å². The number of methoxy groups -OCH3 is 2. The highest BCUT2D eigenvalue weighted by molar-refractivity contribution is 7.15. The van der Waals surface area contributed by atoms with E-state index in [9.17, 15) is 14.4 Å². The molecule has 1 atom stereocenters. The molecular weight excluding hydrogens is 406 g/mol. The van der Waals surface area contributed by atoms with Crippen LogP contribution < -0.4 is 5.32 Å². The van der Waals surface area contributed by atoms with Gasteiger partial charge in [0, 0.05) is 17.1 Å². The minimum absolute atomic E-state index is 0.268. The van der Waals surface area contributed by atoms with Gasteiger partial charge in [0.25, 0.3) is 5.91 Å². The first-order chi connectivity index (χ1) is 13.4. The fourth-order valence-corrected chi connectivity index (χ4v) is 3.65. The van der Waals surface area contributed by atoms with Crippen LogP contribution in [-0.4, -0.2) is 47.5 Å². The number of thiazole rings is 1. The number of nitrogens with one attached hydrogen (secondary N) is 1. The zero-order chi connectivity index (χ0) is 20.3. The van der Waals surface area contributed by atoms with E-state index in [2.05, 4.69) is 19.8 Å². The number of hydrogen-bond acceptors (Lipinski definition) is 7. The number of aromatic nitrogens is 2. The monoisotopic (exact) mass is 421 g/mol. The zero-order valence-electron chi connectivity index (χ0n) is 15.0. The van der Waals surface area contributed by atoms with Crippen molar-refractivity contribution in [1.29, 1.82) is 0 Å². The molecule has 146 valence electrons. The summed E-state index contributed by atoms with van der Waals surface area (Å²) in [6.45, 7) is 0. The third kappa shape index (κ3) is 4.00. The molecular formula is C18H16ClN3O5S. The summed E-state index contributed by atoms with van der Waals surface area (Å²) >= 11 is 7.48. The van der Waals surface area contributed by atoms with E-state index < -0.39 is 23.9 Å². The van der Waals surface area contributed by atoms with E-state index in [1.165, 1.54) is 25.6 Å². The minimum Gasteiger partial charge on any atom is -0.469 e. The Hall–Kier alpha value is -2.91. The number of rotatable bonds is 6. The number of nitrogens with zero attached hydrogens (tertiary/aromatic N) is 2. The van der Waals surface area contributed by atoms with E-state index in [0.29, 0.717) is 15.7 Å². The average molecular weight is 422 g/mol. The highest BCUT2D eigenvalue weighted by Gasteiger charge is 2.27. The molecule has 0 bridgehead atoms. The Morgan fingerprint density at radius 1 is 1.25 bits per heavy atom. The Morgan fingerprint density at radius 3 is 2.68 bits per heavy atom. The number of fused-ring (bicyclic) bond motifs is 1. The molecule has 0 aliphatic heterocycles. The summed E-state index contributed by atoms with van der Waals surface area (Å²) in [5.41, 5.74) is 1.62. The molecule has 0 aliphatic rings. The molecule has 3 rings (SSSR count). The quantitative estimate of drug-likeness (QED) is 0.614. The number of ether oxygens (including phenoxy) is 2. The summed E-state index contributed by atoms with van der Waals surface area (Å²) in [5.74, 6) is -1.93. The summed E-state index contributed by atoms with van der Waals surface area (Å²) in [4.78, 5) is 41.2. The molecule has 1 aromatic carbocycles. The third-order valence-corrected chi connectivity index (χ3v) is 5.15. The summed E-state index contributed by atoms with van der Waals surface area (Å²) in [6, 6.07) is 6.09. The molecule has 1 N–H and O–H groups in total. The average Bonchev–Trinajstić information content (AvgIpc) is 3.27. The second kappa shape index (κ2) is 8.41. The van der Waals surface area contributed by atoms with Crippen LogP contribution in [0, 0.1) is 0 Å². The number of esters is 2. The van der Waals surface area contributed by atoms with Crippen LogP contribution in [-0.2, 0) is 19.1 Å². The lowest BCUT2D eigenvalue weighted by atomic mass is 10.2. The first-order valence-corrected chi connectivity index (χ1v) is 9.37. The maximum atomic E-state index is 12.7. The van der Waals surface area contributed by atoms with Gasteiger partial charge in [0.1, 0.15) is 11.7 Å². The standard InChI is InChI=1S/C18H16ClN3O5S/c1-26-15(23)7-12(17(25)27-2)20-16(24)14-9-28-18-21-13(8-22(14)18)10-5-3-4-6-11(10)19/h3-6,8-9,12H,7H2,1-2H3,(H,20,24)/t12-/m0/s1. The molecule has 10 heteroatoms. The van der Waals surface area contributed by atoms with Gasteiger partial charge in [-0.1, -0.05) is 29.8 Å². The Balaban J connectivity index is 1.88. The normalized spacial score (nSPS) is 11.8. The number of carbonyl (C=O) groups excluding carboxylic acids is 3. The van der Waals surface area contributed by atoms with E-state index in [1.807, 2.05) is 18.2 Å². The van der Waals surface area contributed by atoms with Crippen LogP contribution in [0.3, 0.4) is 0 Å². The van der Waals surface area contributed by atoms with Crippen molar-refractivity contribution in [2.75, 3.05) is 14.2 Å². The van der Waals surface area contributed by atoms with Crippen molar-refractivity contribution in [1.82, 2.24) is 14.7 Å². The van der Waals surface area contributed by atoms with Gasteiger partial charge in [0.2, 0.25) is 0 Å². The lowest BCUT2D eigenvalue weighted by molar-refractivity contribution is -0.149. The smallest absolute Gasteiger partial charge is 0.328 e. The Morgan fingerprint density at radius 2 is 2.00 bits per heavy atom. The second-order valence-corrected chi connectivity index (χ2v) is 6.95. The number of benzene rings is 1. The van der Waals surface area contributed by atoms with Gasteiger partial charge in [-0.25, -0.2) is 9.78 Å². The molecule has 0 aliphatic carbocycles. The maximum absolute atomic E-state index is 12.7. The van der Waals surface area contributed by atoms with Crippen molar-refractivity contribution in [2.45, 2.75) is 12.5 Å². The van der Waals surface area contributed by atoms with Gasteiger partial charge < -0.3 is 14.8 Å². The van der Waals surface area contributed by atoms with E-state index in [4.69, 9.17) is 11.6 Å². The van der Waals surface area contributed by atoms with Gasteiger partial charge >= 0.3 is 11.9 Å². The lowest BCUT2D eigenvalue weighted by Crippen LogP contribution is -2.43. The highest BCUT2D eigenvalue weighted by Crippen LogP contribution is 2.29. The summed E-state index contributed by atoms with van der Waals surface area (Å²) < 4.78 is 10.8. The molecule has 28 heavy (non-hydrogen) atoms. The molecule has 0 saturated heterocycles. The fraction of sp³-hybridized carbons (Fsp3) is 0.222. The zero-order valence-corrected chi connectivity index (χ0v) is 16.5. The van der Waals surface area contributed by atoms with Crippen LogP contribution in [0.4, 0.5) is 0 Å². The highest BCUT2D eigenvalue weighted by atomic mass is 35.5. The first-order valence-electron chi connectivity index (χ1n) is 8.11. The van der Waals surface area contributed by atoms with Crippen LogP contribution in [0.1, 0.15) is 16.9 Å². The summed E-state index contributed by atoms with van der Waals surface area (Å²) in [5, 5.41) is 4.66. The molecule has 0 spiro atoms. The van der Waals surface area contributed by atoms with Gasteiger partial charge in [-0.2, -0.15) is 0 Å². The van der Waals surface area contributed by atoms with Crippen LogP contribution in [0.5, 0.6) is 0 Å². The fourth-order valence-electron chi connectivity index (χ4n) is 2.56. The number of amides is 1. The van der Waals surface area contributed by atoms with E-state index >= 15 is 0 Å². The van der Waals surface area contributed by atoms with E-state index in [0.717, 1.165) is 5.56 Å².